The van der Waals surface area contributed by atoms with Gasteiger partial charge in [0.05, 0.1) is 12.2 Å². The minimum absolute atomic E-state index is 0.0158. The summed E-state index contributed by atoms with van der Waals surface area (Å²) in [6.07, 6.45) is 3.60. The molecule has 1 aromatic rings. The summed E-state index contributed by atoms with van der Waals surface area (Å²) in [5.41, 5.74) is -0.738. The molecule has 17 heavy (non-hydrogen) atoms. The fraction of sp³-hybridized carbons (Fsp3) is 0.615. The number of ether oxygens (including phenoxy) is 1. The molecule has 0 aromatic carbocycles. The molecule has 1 aliphatic rings. The van der Waals surface area contributed by atoms with Crippen molar-refractivity contribution in [2.75, 3.05) is 6.61 Å². The third-order valence-electron chi connectivity index (χ3n) is 3.38. The second-order valence-electron chi connectivity index (χ2n) is 4.79. The van der Waals surface area contributed by atoms with Crippen LogP contribution < -0.4 is 4.74 Å². The molecule has 2 unspecified atom stereocenters. The molecule has 0 saturated heterocycles. The van der Waals surface area contributed by atoms with Gasteiger partial charge in [-0.1, -0.05) is 6.92 Å². The predicted molar refractivity (Wildman–Crippen MR) is 62.3 cm³/mol. The van der Waals surface area contributed by atoms with Gasteiger partial charge in [-0.15, -0.1) is 0 Å². The Morgan fingerprint density at radius 2 is 2.41 bits per heavy atom. The van der Waals surface area contributed by atoms with Gasteiger partial charge in [-0.05, 0) is 38.2 Å². The van der Waals surface area contributed by atoms with Crippen molar-refractivity contribution in [3.63, 3.8) is 0 Å². The van der Waals surface area contributed by atoms with E-state index in [1.807, 2.05) is 0 Å². The lowest BCUT2D eigenvalue weighted by molar-refractivity contribution is 0.0363. The number of hydrogen-bond donors (Lipinski definition) is 1. The number of aromatic nitrogens is 1. The van der Waals surface area contributed by atoms with Crippen LogP contribution in [0.1, 0.15) is 38.7 Å². The summed E-state index contributed by atoms with van der Waals surface area (Å²) in [5, 5.41) is 10.5. The standard InChI is InChI=1S/C13H18FNO2/c1-3-17-12-11(14)10(5-7-15-12)13(16)6-4-9(2)8-13/h5,7,9,16H,3-4,6,8H2,1-2H3. The van der Waals surface area contributed by atoms with Gasteiger partial charge in [0.1, 0.15) is 0 Å². The number of aliphatic hydroxyl groups is 1. The summed E-state index contributed by atoms with van der Waals surface area (Å²) in [6, 6.07) is 1.55. The van der Waals surface area contributed by atoms with Crippen LogP contribution in [0.5, 0.6) is 5.88 Å². The maximum Gasteiger partial charge on any atom is 0.250 e. The Morgan fingerprint density at radius 3 is 3.00 bits per heavy atom. The zero-order valence-electron chi connectivity index (χ0n) is 10.2. The van der Waals surface area contributed by atoms with E-state index in [0.29, 0.717) is 30.9 Å². The van der Waals surface area contributed by atoms with Crippen LogP contribution in [-0.2, 0) is 5.60 Å². The quantitative estimate of drug-likeness (QED) is 0.881. The Morgan fingerprint density at radius 1 is 1.65 bits per heavy atom. The molecule has 1 saturated carbocycles. The molecule has 1 heterocycles. The fourth-order valence-corrected chi connectivity index (χ4v) is 2.53. The smallest absolute Gasteiger partial charge is 0.250 e. The van der Waals surface area contributed by atoms with Gasteiger partial charge in [-0.3, -0.25) is 0 Å². The molecular formula is C13H18FNO2. The van der Waals surface area contributed by atoms with Gasteiger partial charge in [0, 0.05) is 11.8 Å². The molecule has 1 aliphatic carbocycles. The molecule has 0 aliphatic heterocycles. The molecule has 1 aromatic heterocycles. The Labute approximate surface area is 101 Å². The van der Waals surface area contributed by atoms with Crippen molar-refractivity contribution < 1.29 is 14.2 Å². The molecule has 0 radical (unpaired) electrons. The van der Waals surface area contributed by atoms with Crippen LogP contribution in [0.4, 0.5) is 4.39 Å². The molecule has 1 N–H and O–H groups in total. The Kier molecular flexibility index (Phi) is 3.33. The van der Waals surface area contributed by atoms with Crippen molar-refractivity contribution in [1.29, 1.82) is 0 Å². The van der Waals surface area contributed by atoms with Crippen molar-refractivity contribution >= 4 is 0 Å². The summed E-state index contributed by atoms with van der Waals surface area (Å²) in [7, 11) is 0. The van der Waals surface area contributed by atoms with Gasteiger partial charge in [0.15, 0.2) is 5.82 Å². The molecule has 2 atom stereocenters. The van der Waals surface area contributed by atoms with E-state index in [1.54, 1.807) is 13.0 Å². The molecule has 0 bridgehead atoms. The highest BCUT2D eigenvalue weighted by atomic mass is 19.1. The van der Waals surface area contributed by atoms with Gasteiger partial charge in [-0.2, -0.15) is 0 Å². The molecule has 0 amide bonds. The third kappa shape index (κ3) is 2.27. The van der Waals surface area contributed by atoms with Crippen LogP contribution >= 0.6 is 0 Å². The van der Waals surface area contributed by atoms with Crippen molar-refractivity contribution in [3.05, 3.63) is 23.6 Å². The summed E-state index contributed by atoms with van der Waals surface area (Å²) < 4.78 is 19.2. The lowest BCUT2D eigenvalue weighted by Crippen LogP contribution is -2.23. The minimum atomic E-state index is -1.06. The number of rotatable bonds is 3. The molecule has 4 heteroatoms. The van der Waals surface area contributed by atoms with E-state index in [0.717, 1.165) is 6.42 Å². The maximum atomic E-state index is 14.1. The van der Waals surface area contributed by atoms with Gasteiger partial charge < -0.3 is 9.84 Å². The summed E-state index contributed by atoms with van der Waals surface area (Å²) in [4.78, 5) is 3.84. The topological polar surface area (TPSA) is 42.4 Å². The lowest BCUT2D eigenvalue weighted by atomic mass is 9.91. The van der Waals surface area contributed by atoms with Gasteiger partial charge >= 0.3 is 0 Å². The molecule has 2 rings (SSSR count). The Hall–Kier alpha value is -1.16. The Balaban J connectivity index is 2.35. The zero-order chi connectivity index (χ0) is 12.5. The van der Waals surface area contributed by atoms with E-state index in [4.69, 9.17) is 4.74 Å². The van der Waals surface area contributed by atoms with E-state index in [9.17, 15) is 9.50 Å². The number of hydrogen-bond acceptors (Lipinski definition) is 3. The first-order chi connectivity index (χ1) is 8.07. The van der Waals surface area contributed by atoms with Crippen molar-refractivity contribution in [2.45, 2.75) is 38.7 Å². The van der Waals surface area contributed by atoms with E-state index < -0.39 is 11.4 Å². The number of pyridine rings is 1. The van der Waals surface area contributed by atoms with Gasteiger partial charge in [0.2, 0.25) is 0 Å². The highest BCUT2D eigenvalue weighted by Gasteiger charge is 2.39. The minimum Gasteiger partial charge on any atom is -0.476 e. The van der Waals surface area contributed by atoms with E-state index in [2.05, 4.69) is 11.9 Å². The largest absolute Gasteiger partial charge is 0.476 e. The van der Waals surface area contributed by atoms with E-state index >= 15 is 0 Å². The van der Waals surface area contributed by atoms with Crippen LogP contribution in [0.15, 0.2) is 12.3 Å². The molecule has 1 fully saturated rings. The van der Waals surface area contributed by atoms with E-state index in [1.165, 1.54) is 6.20 Å². The normalized spacial score (nSPS) is 28.4. The molecule has 0 spiro atoms. The monoisotopic (exact) mass is 239 g/mol. The summed E-state index contributed by atoms with van der Waals surface area (Å²) >= 11 is 0. The second-order valence-corrected chi connectivity index (χ2v) is 4.79. The van der Waals surface area contributed by atoms with Crippen molar-refractivity contribution in [1.82, 2.24) is 4.98 Å². The number of halogens is 1. The fourth-order valence-electron chi connectivity index (χ4n) is 2.53. The lowest BCUT2D eigenvalue weighted by Gasteiger charge is -2.24. The van der Waals surface area contributed by atoms with Gasteiger partial charge in [-0.25, -0.2) is 9.37 Å². The SMILES string of the molecule is CCOc1nccc(C2(O)CCC(C)C2)c1F. The molecule has 3 nitrogen and oxygen atoms in total. The number of nitrogens with zero attached hydrogens (tertiary/aromatic N) is 1. The maximum absolute atomic E-state index is 14.1. The van der Waals surface area contributed by atoms with Crippen molar-refractivity contribution in [2.24, 2.45) is 5.92 Å². The van der Waals surface area contributed by atoms with Crippen molar-refractivity contribution in [3.8, 4) is 5.88 Å². The van der Waals surface area contributed by atoms with E-state index in [-0.39, 0.29) is 5.88 Å². The first-order valence-corrected chi connectivity index (χ1v) is 6.07. The first-order valence-electron chi connectivity index (χ1n) is 6.07. The highest BCUT2D eigenvalue weighted by molar-refractivity contribution is 5.29. The average molecular weight is 239 g/mol. The van der Waals surface area contributed by atoms with Crippen LogP contribution in [0.3, 0.4) is 0 Å². The van der Waals surface area contributed by atoms with Crippen LogP contribution in [0.2, 0.25) is 0 Å². The Bertz CT molecular complexity index is 410. The van der Waals surface area contributed by atoms with Crippen LogP contribution in [-0.4, -0.2) is 16.7 Å². The third-order valence-corrected chi connectivity index (χ3v) is 3.38. The molecule has 94 valence electrons. The van der Waals surface area contributed by atoms with Crippen LogP contribution in [0.25, 0.3) is 0 Å². The average Bonchev–Trinajstić information content (AvgIpc) is 2.63. The van der Waals surface area contributed by atoms with Gasteiger partial charge in [0.25, 0.3) is 5.88 Å². The predicted octanol–water partition coefficient (Wildman–Crippen LogP) is 2.63. The molecular weight excluding hydrogens is 221 g/mol. The van der Waals surface area contributed by atoms with Crippen LogP contribution in [0, 0.1) is 11.7 Å². The summed E-state index contributed by atoms with van der Waals surface area (Å²) in [5.74, 6) is -0.118. The zero-order valence-corrected chi connectivity index (χ0v) is 10.2. The first kappa shape index (κ1) is 12.3. The summed E-state index contributed by atoms with van der Waals surface area (Å²) in [6.45, 7) is 4.21. The second kappa shape index (κ2) is 4.61. The highest BCUT2D eigenvalue weighted by Crippen LogP contribution is 2.43.